The van der Waals surface area contributed by atoms with Crippen molar-refractivity contribution < 1.29 is 33.6 Å². The lowest BCUT2D eigenvalue weighted by atomic mass is 10.1. The van der Waals surface area contributed by atoms with E-state index >= 15 is 0 Å². The average molecular weight is 316 g/mol. The Bertz CT molecular complexity index is 893. The number of fused-ring (bicyclic) bond motifs is 6. The van der Waals surface area contributed by atoms with Crippen LogP contribution in [0.2, 0.25) is 0 Å². The number of benzene rings is 2. The molecule has 0 bridgehead atoms. The molecule has 2 aliphatic rings. The monoisotopic (exact) mass is 316 g/mol. The Balaban J connectivity index is 2.18. The zero-order chi connectivity index (χ0) is 14.1. The molecule has 0 aromatic heterocycles. The van der Waals surface area contributed by atoms with E-state index in [1.807, 2.05) is 0 Å². The second kappa shape index (κ2) is 3.27. The summed E-state index contributed by atoms with van der Waals surface area (Å²) in [5.74, 6) is -0.917. The van der Waals surface area contributed by atoms with Crippen LogP contribution in [0.3, 0.4) is 0 Å². The van der Waals surface area contributed by atoms with Gasteiger partial charge in [0.1, 0.15) is 0 Å². The second-order valence-electron chi connectivity index (χ2n) is 4.01. The SMILES string of the molecule is O=S1(=O)Oc2c3c(c4ccccc4c2O1)OS(=O)(=O)O3. The first kappa shape index (κ1) is 11.6. The van der Waals surface area contributed by atoms with Gasteiger partial charge < -0.3 is 16.7 Å². The fourth-order valence-electron chi connectivity index (χ4n) is 2.09. The largest absolute Gasteiger partial charge is 0.501 e. The molecule has 0 saturated heterocycles. The van der Waals surface area contributed by atoms with E-state index in [-0.39, 0.29) is 23.0 Å². The van der Waals surface area contributed by atoms with E-state index in [1.165, 1.54) is 0 Å². The van der Waals surface area contributed by atoms with Gasteiger partial charge in [0, 0.05) is 10.8 Å². The van der Waals surface area contributed by atoms with Gasteiger partial charge in [-0.2, -0.15) is 0 Å². The Morgan fingerprint density at radius 2 is 0.950 bits per heavy atom. The standard InChI is InChI=1S/C10H4O8S2/c11-19(12)15-7-5-3-1-2-4-6(5)8-10(9(7)17-19)18-20(13,14)16-8/h1-4H. The minimum atomic E-state index is -4.29. The van der Waals surface area contributed by atoms with Gasteiger partial charge in [-0.3, -0.25) is 0 Å². The van der Waals surface area contributed by atoms with Crippen molar-refractivity contribution in [2.24, 2.45) is 0 Å². The Labute approximate surface area is 113 Å². The lowest BCUT2D eigenvalue weighted by Gasteiger charge is -2.03. The molecule has 8 nitrogen and oxygen atoms in total. The van der Waals surface area contributed by atoms with Gasteiger partial charge in [-0.25, -0.2) is 0 Å². The molecule has 0 saturated carbocycles. The maximum atomic E-state index is 11.4. The van der Waals surface area contributed by atoms with Gasteiger partial charge in [-0.15, -0.1) is 16.8 Å². The maximum absolute atomic E-state index is 11.4. The molecule has 0 N–H and O–H groups in total. The van der Waals surface area contributed by atoms with Crippen LogP contribution in [-0.2, 0) is 20.8 Å². The fourth-order valence-corrected chi connectivity index (χ4v) is 3.61. The lowest BCUT2D eigenvalue weighted by molar-refractivity contribution is 0.422. The first-order valence-electron chi connectivity index (χ1n) is 5.23. The first-order chi connectivity index (χ1) is 9.36. The van der Waals surface area contributed by atoms with Crippen LogP contribution >= 0.6 is 0 Å². The minimum absolute atomic E-state index is 0.125. The van der Waals surface area contributed by atoms with Crippen molar-refractivity contribution in [3.05, 3.63) is 24.3 Å². The van der Waals surface area contributed by atoms with E-state index in [4.69, 9.17) is 8.37 Å². The highest BCUT2D eigenvalue weighted by atomic mass is 32.3. The molecule has 0 atom stereocenters. The first-order valence-corrected chi connectivity index (χ1v) is 7.89. The zero-order valence-electron chi connectivity index (χ0n) is 9.39. The van der Waals surface area contributed by atoms with Crippen molar-refractivity contribution in [1.29, 1.82) is 0 Å². The number of hydrogen-bond donors (Lipinski definition) is 0. The minimum Gasteiger partial charge on any atom is -0.348 e. The van der Waals surface area contributed by atoms with Crippen LogP contribution in [0.1, 0.15) is 0 Å². The molecule has 104 valence electrons. The van der Waals surface area contributed by atoms with Crippen molar-refractivity contribution in [2.45, 2.75) is 0 Å². The van der Waals surface area contributed by atoms with Crippen molar-refractivity contribution in [2.75, 3.05) is 0 Å². The normalized spacial score (nSPS) is 20.2. The van der Waals surface area contributed by atoms with Gasteiger partial charge in [0.25, 0.3) is 0 Å². The third-order valence-corrected chi connectivity index (χ3v) is 4.26. The summed E-state index contributed by atoms with van der Waals surface area (Å²) >= 11 is 0. The van der Waals surface area contributed by atoms with Crippen LogP contribution in [-0.4, -0.2) is 16.8 Å². The smallest absolute Gasteiger partial charge is 0.348 e. The molecule has 2 aromatic rings. The summed E-state index contributed by atoms with van der Waals surface area (Å²) in [5, 5.41) is 0.672. The van der Waals surface area contributed by atoms with Crippen LogP contribution in [0.15, 0.2) is 24.3 Å². The molecule has 0 unspecified atom stereocenters. The summed E-state index contributed by atoms with van der Waals surface area (Å²) in [4.78, 5) is 0. The number of hydrogen-bond acceptors (Lipinski definition) is 8. The Morgan fingerprint density at radius 3 is 1.35 bits per heavy atom. The van der Waals surface area contributed by atoms with Crippen LogP contribution in [0.25, 0.3) is 10.8 Å². The quantitative estimate of drug-likeness (QED) is 0.705. The van der Waals surface area contributed by atoms with Crippen LogP contribution in [0.5, 0.6) is 23.0 Å². The van der Waals surface area contributed by atoms with E-state index in [2.05, 4.69) is 8.37 Å². The maximum Gasteiger partial charge on any atom is 0.501 e. The van der Waals surface area contributed by atoms with E-state index in [1.54, 1.807) is 24.3 Å². The van der Waals surface area contributed by atoms with Gasteiger partial charge >= 0.3 is 20.8 Å². The molecule has 2 heterocycles. The molecular weight excluding hydrogens is 312 g/mol. The lowest BCUT2D eigenvalue weighted by Crippen LogP contribution is -2.09. The molecule has 0 aliphatic carbocycles. The van der Waals surface area contributed by atoms with Crippen LogP contribution in [0.4, 0.5) is 0 Å². The molecule has 0 fully saturated rings. The topological polar surface area (TPSA) is 105 Å². The van der Waals surface area contributed by atoms with Crippen LogP contribution < -0.4 is 16.7 Å². The highest BCUT2D eigenvalue weighted by molar-refractivity contribution is 7.83. The van der Waals surface area contributed by atoms with E-state index in [9.17, 15) is 16.8 Å². The molecule has 0 spiro atoms. The molecule has 2 aromatic carbocycles. The van der Waals surface area contributed by atoms with Gasteiger partial charge in [0.05, 0.1) is 0 Å². The van der Waals surface area contributed by atoms with Gasteiger partial charge in [-0.1, -0.05) is 24.3 Å². The molecule has 10 heteroatoms. The van der Waals surface area contributed by atoms with E-state index in [0.29, 0.717) is 10.8 Å². The van der Waals surface area contributed by atoms with Gasteiger partial charge in [0.2, 0.25) is 23.0 Å². The Hall–Kier alpha value is -2.20. The Morgan fingerprint density at radius 1 is 0.600 bits per heavy atom. The summed E-state index contributed by atoms with van der Waals surface area (Å²) in [6.45, 7) is 0. The highest BCUT2D eigenvalue weighted by Crippen LogP contribution is 2.57. The average Bonchev–Trinajstić information content (AvgIpc) is 2.85. The van der Waals surface area contributed by atoms with Gasteiger partial charge in [-0.05, 0) is 0 Å². The predicted molar refractivity (Wildman–Crippen MR) is 64.3 cm³/mol. The van der Waals surface area contributed by atoms with Crippen molar-refractivity contribution in [3.63, 3.8) is 0 Å². The Kier molecular flexibility index (Phi) is 1.90. The summed E-state index contributed by atoms with van der Waals surface area (Å²) in [5.41, 5.74) is 0. The molecular formula is C10H4O8S2. The van der Waals surface area contributed by atoms with E-state index in [0.717, 1.165) is 0 Å². The zero-order valence-corrected chi connectivity index (χ0v) is 11.0. The summed E-state index contributed by atoms with van der Waals surface area (Å²) in [6.07, 6.45) is 0. The molecule has 20 heavy (non-hydrogen) atoms. The molecule has 4 rings (SSSR count). The van der Waals surface area contributed by atoms with Gasteiger partial charge in [0.15, 0.2) is 0 Å². The summed E-state index contributed by atoms with van der Waals surface area (Å²) in [7, 11) is -8.57. The molecule has 2 aliphatic heterocycles. The molecule has 0 amide bonds. The third-order valence-electron chi connectivity index (χ3n) is 2.78. The summed E-state index contributed by atoms with van der Waals surface area (Å²) < 4.78 is 64.3. The number of rotatable bonds is 0. The van der Waals surface area contributed by atoms with Crippen molar-refractivity contribution >= 4 is 31.6 Å². The van der Waals surface area contributed by atoms with E-state index < -0.39 is 20.8 Å². The fraction of sp³-hybridized carbons (Fsp3) is 0. The highest BCUT2D eigenvalue weighted by Gasteiger charge is 2.43. The summed E-state index contributed by atoms with van der Waals surface area (Å²) in [6, 6.07) is 6.36. The van der Waals surface area contributed by atoms with Crippen molar-refractivity contribution in [3.8, 4) is 23.0 Å². The molecule has 0 radical (unpaired) electrons. The third kappa shape index (κ3) is 1.45. The predicted octanol–water partition coefficient (Wildman–Crippen LogP) is 0.872. The van der Waals surface area contributed by atoms with Crippen LogP contribution in [0, 0.1) is 0 Å². The van der Waals surface area contributed by atoms with Crippen molar-refractivity contribution in [1.82, 2.24) is 0 Å². The second-order valence-corrected chi connectivity index (χ2v) is 6.31.